The zero-order valence-corrected chi connectivity index (χ0v) is 19.4. The van der Waals surface area contributed by atoms with E-state index < -0.39 is 19.7 Å². The molecule has 166 valence electrons. The van der Waals surface area contributed by atoms with Crippen molar-refractivity contribution in [2.24, 2.45) is 0 Å². The predicted molar refractivity (Wildman–Crippen MR) is 117 cm³/mol. The summed E-state index contributed by atoms with van der Waals surface area (Å²) in [6.45, 7) is 11.2. The summed E-state index contributed by atoms with van der Waals surface area (Å²) in [6.07, 6.45) is 2.04. The van der Waals surface area contributed by atoms with Crippen molar-refractivity contribution >= 4 is 31.1 Å². The lowest BCUT2D eigenvalue weighted by Crippen LogP contribution is -2.53. The summed E-state index contributed by atoms with van der Waals surface area (Å²) in [4.78, 5) is 22.4. The summed E-state index contributed by atoms with van der Waals surface area (Å²) in [5.41, 5.74) is 0.226. The molecule has 2 aromatic rings. The van der Waals surface area contributed by atoms with E-state index in [1.807, 2.05) is 6.92 Å². The van der Waals surface area contributed by atoms with E-state index >= 15 is 0 Å². The van der Waals surface area contributed by atoms with E-state index in [9.17, 15) is 4.79 Å². The molecule has 1 fully saturated rings. The number of fused-ring (bicyclic) bond motifs is 1. The highest BCUT2D eigenvalue weighted by Crippen LogP contribution is 2.29. The van der Waals surface area contributed by atoms with Gasteiger partial charge in [0.1, 0.15) is 12.1 Å². The van der Waals surface area contributed by atoms with Crippen LogP contribution >= 0.6 is 0 Å². The summed E-state index contributed by atoms with van der Waals surface area (Å²) in [7, 11) is 0.430. The monoisotopic (exact) mass is 436 g/mol. The Hall–Kier alpha value is -2.40. The number of carboxylic acid groups (broad SMARTS) is 1. The van der Waals surface area contributed by atoms with Crippen molar-refractivity contribution in [3.05, 3.63) is 6.20 Å². The second-order valence-corrected chi connectivity index (χ2v) is 14.9. The SMILES string of the molecule is COc1nc(N2CCC(C)(NC(=O)O)CC2)nc2c1cnn2COCC[Si](C)(C)C. The van der Waals surface area contributed by atoms with Gasteiger partial charge in [-0.2, -0.15) is 15.1 Å². The molecule has 2 N–H and O–H groups in total. The van der Waals surface area contributed by atoms with Crippen LogP contribution in [0.3, 0.4) is 0 Å². The molecule has 0 radical (unpaired) electrons. The quantitative estimate of drug-likeness (QED) is 0.479. The van der Waals surface area contributed by atoms with Crippen LogP contribution in [0.25, 0.3) is 11.0 Å². The minimum Gasteiger partial charge on any atom is -0.480 e. The van der Waals surface area contributed by atoms with Crippen molar-refractivity contribution in [2.45, 2.75) is 57.7 Å². The number of ether oxygens (including phenoxy) is 2. The Bertz CT molecular complexity index is 889. The van der Waals surface area contributed by atoms with E-state index in [1.165, 1.54) is 0 Å². The third-order valence-electron chi connectivity index (χ3n) is 5.41. The van der Waals surface area contributed by atoms with E-state index in [0.717, 1.165) is 11.4 Å². The molecule has 11 heteroatoms. The first-order chi connectivity index (χ1) is 14.1. The first-order valence-electron chi connectivity index (χ1n) is 10.2. The van der Waals surface area contributed by atoms with Crippen molar-refractivity contribution < 1.29 is 19.4 Å². The molecule has 3 rings (SSSR count). The highest BCUT2D eigenvalue weighted by molar-refractivity contribution is 6.76. The molecule has 0 atom stereocenters. The van der Waals surface area contributed by atoms with Crippen LogP contribution in [-0.2, 0) is 11.5 Å². The molecule has 3 heterocycles. The number of aromatic nitrogens is 4. The number of carbonyl (C=O) groups is 1. The summed E-state index contributed by atoms with van der Waals surface area (Å²) in [5, 5.41) is 16.8. The maximum atomic E-state index is 11.0. The van der Waals surface area contributed by atoms with Crippen LogP contribution in [0.15, 0.2) is 6.20 Å². The second-order valence-electron chi connectivity index (χ2n) is 9.24. The summed E-state index contributed by atoms with van der Waals surface area (Å²) in [5.74, 6) is 1.03. The standard InChI is InChI=1S/C19H32N6O4Si/c1-19(23-18(26)27)6-8-24(9-7-19)17-21-15-14(16(22-17)28-2)12-20-25(15)13-29-10-11-30(3,4)5/h12,23H,6-11,13H2,1-5H3,(H,26,27). The molecule has 0 saturated carbocycles. The molecule has 10 nitrogen and oxygen atoms in total. The molecule has 0 bridgehead atoms. The number of hydrogen-bond donors (Lipinski definition) is 2. The molecule has 0 aromatic carbocycles. The lowest BCUT2D eigenvalue weighted by atomic mass is 9.90. The van der Waals surface area contributed by atoms with Gasteiger partial charge < -0.3 is 24.8 Å². The van der Waals surface area contributed by atoms with Crippen LogP contribution < -0.4 is 15.0 Å². The van der Waals surface area contributed by atoms with Crippen molar-refractivity contribution in [1.29, 1.82) is 0 Å². The van der Waals surface area contributed by atoms with Crippen LogP contribution in [0, 0.1) is 0 Å². The molecule has 1 aliphatic rings. The number of hydrogen-bond acceptors (Lipinski definition) is 7. The largest absolute Gasteiger partial charge is 0.480 e. The third kappa shape index (κ3) is 5.39. The van der Waals surface area contributed by atoms with E-state index in [1.54, 1.807) is 18.0 Å². The fourth-order valence-electron chi connectivity index (χ4n) is 3.42. The Balaban J connectivity index is 1.75. The van der Waals surface area contributed by atoms with Crippen molar-refractivity contribution in [1.82, 2.24) is 25.1 Å². The number of amides is 1. The first kappa shape index (κ1) is 22.3. The maximum absolute atomic E-state index is 11.0. The van der Waals surface area contributed by atoms with Gasteiger partial charge in [-0.15, -0.1) is 0 Å². The molecule has 1 aliphatic heterocycles. The number of anilines is 1. The molecule has 1 amide bonds. The van der Waals surface area contributed by atoms with Gasteiger partial charge in [0.2, 0.25) is 11.8 Å². The van der Waals surface area contributed by atoms with Crippen molar-refractivity contribution in [2.75, 3.05) is 31.7 Å². The Labute approximate surface area is 177 Å². The van der Waals surface area contributed by atoms with Gasteiger partial charge in [0.15, 0.2) is 5.65 Å². The average molecular weight is 437 g/mol. The summed E-state index contributed by atoms with van der Waals surface area (Å²) >= 11 is 0. The minimum atomic E-state index is -1.15. The van der Waals surface area contributed by atoms with Gasteiger partial charge in [0.25, 0.3) is 0 Å². The first-order valence-corrected chi connectivity index (χ1v) is 13.9. The van der Waals surface area contributed by atoms with Crippen LogP contribution in [0.2, 0.25) is 25.7 Å². The zero-order chi connectivity index (χ0) is 21.9. The summed E-state index contributed by atoms with van der Waals surface area (Å²) < 4.78 is 13.1. The Morgan fingerprint density at radius 3 is 2.60 bits per heavy atom. The number of nitrogens with zero attached hydrogens (tertiary/aromatic N) is 5. The van der Waals surface area contributed by atoms with Gasteiger partial charge in [0, 0.05) is 33.3 Å². The van der Waals surface area contributed by atoms with Gasteiger partial charge in [-0.3, -0.25) is 0 Å². The minimum absolute atomic E-state index is 0.328. The van der Waals surface area contributed by atoms with Gasteiger partial charge in [-0.1, -0.05) is 19.6 Å². The van der Waals surface area contributed by atoms with Crippen LogP contribution in [0.4, 0.5) is 10.7 Å². The Morgan fingerprint density at radius 2 is 2.00 bits per heavy atom. The molecule has 2 aromatic heterocycles. The Kier molecular flexibility index (Phi) is 6.51. The molecule has 30 heavy (non-hydrogen) atoms. The lowest BCUT2D eigenvalue weighted by molar-refractivity contribution is 0.0813. The third-order valence-corrected chi connectivity index (χ3v) is 7.12. The fourth-order valence-corrected chi connectivity index (χ4v) is 4.18. The number of rotatable bonds is 8. The van der Waals surface area contributed by atoms with Gasteiger partial charge in [0.05, 0.1) is 13.3 Å². The normalized spacial score (nSPS) is 16.6. The van der Waals surface area contributed by atoms with E-state index in [-0.39, 0.29) is 0 Å². The van der Waals surface area contributed by atoms with Gasteiger partial charge in [-0.05, 0) is 25.8 Å². The zero-order valence-electron chi connectivity index (χ0n) is 18.4. The number of methoxy groups -OCH3 is 1. The Morgan fingerprint density at radius 1 is 1.30 bits per heavy atom. The smallest absolute Gasteiger partial charge is 0.405 e. The average Bonchev–Trinajstić information content (AvgIpc) is 3.06. The van der Waals surface area contributed by atoms with Crippen molar-refractivity contribution in [3.8, 4) is 5.88 Å². The predicted octanol–water partition coefficient (Wildman–Crippen LogP) is 2.77. The van der Waals surface area contributed by atoms with Crippen molar-refractivity contribution in [3.63, 3.8) is 0 Å². The highest BCUT2D eigenvalue weighted by atomic mass is 28.3. The molecule has 0 aliphatic carbocycles. The van der Waals surface area contributed by atoms with E-state index in [2.05, 4.69) is 39.9 Å². The van der Waals surface area contributed by atoms with Gasteiger partial charge >= 0.3 is 6.09 Å². The van der Waals surface area contributed by atoms with Crippen LogP contribution in [0.5, 0.6) is 5.88 Å². The summed E-state index contributed by atoms with van der Waals surface area (Å²) in [6, 6.07) is 1.09. The molecule has 0 spiro atoms. The fraction of sp³-hybridized carbons (Fsp3) is 0.684. The van der Waals surface area contributed by atoms with Gasteiger partial charge in [-0.25, -0.2) is 9.48 Å². The molecule has 1 saturated heterocycles. The number of piperidine rings is 1. The highest BCUT2D eigenvalue weighted by Gasteiger charge is 2.33. The molecular formula is C19H32N6O4Si. The molecular weight excluding hydrogens is 404 g/mol. The van der Waals surface area contributed by atoms with Crippen LogP contribution in [-0.4, -0.2) is 71.4 Å². The number of nitrogens with one attached hydrogen (secondary N) is 1. The second kappa shape index (κ2) is 8.76. The van der Waals surface area contributed by atoms with E-state index in [4.69, 9.17) is 19.6 Å². The molecule has 0 unspecified atom stereocenters. The topological polar surface area (TPSA) is 115 Å². The maximum Gasteiger partial charge on any atom is 0.405 e. The van der Waals surface area contributed by atoms with E-state index in [0.29, 0.717) is 56.7 Å². The lowest BCUT2D eigenvalue weighted by Gasteiger charge is -2.39. The van der Waals surface area contributed by atoms with Crippen LogP contribution in [0.1, 0.15) is 19.8 Å².